The molecule has 1 aliphatic carbocycles. The first-order valence-corrected chi connectivity index (χ1v) is 10.2. The number of guanidine groups is 1. The van der Waals surface area contributed by atoms with Gasteiger partial charge in [-0.05, 0) is 55.9 Å². The van der Waals surface area contributed by atoms with E-state index in [4.69, 9.17) is 9.73 Å². The van der Waals surface area contributed by atoms with Gasteiger partial charge in [-0.15, -0.1) is 24.0 Å². The number of carbonyl (C=O) groups excluding carboxylic acids is 1. The fourth-order valence-electron chi connectivity index (χ4n) is 3.59. The zero-order valence-corrected chi connectivity index (χ0v) is 19.8. The summed E-state index contributed by atoms with van der Waals surface area (Å²) >= 11 is 0. The summed E-state index contributed by atoms with van der Waals surface area (Å²) in [4.78, 5) is 16.9. The third kappa shape index (κ3) is 8.77. The van der Waals surface area contributed by atoms with E-state index in [1.165, 1.54) is 37.8 Å². The Morgan fingerprint density at radius 2 is 1.79 bits per heavy atom. The molecular weight excluding hydrogens is 483 g/mol. The molecule has 0 spiro atoms. The van der Waals surface area contributed by atoms with Crippen molar-refractivity contribution in [1.82, 2.24) is 16.0 Å². The maximum Gasteiger partial charge on any atom is 0.251 e. The Morgan fingerprint density at radius 3 is 2.41 bits per heavy atom. The lowest BCUT2D eigenvalue weighted by atomic mass is 9.83. The first-order valence-electron chi connectivity index (χ1n) is 10.2. The van der Waals surface area contributed by atoms with Gasteiger partial charge in [0, 0.05) is 45.5 Å². The minimum Gasteiger partial charge on any atom is -0.508 e. The van der Waals surface area contributed by atoms with Gasteiger partial charge in [0.05, 0.1) is 0 Å². The van der Waals surface area contributed by atoms with Crippen LogP contribution in [0.4, 0.5) is 0 Å². The molecule has 0 saturated heterocycles. The van der Waals surface area contributed by atoms with Crippen LogP contribution in [0.5, 0.6) is 5.75 Å². The quantitative estimate of drug-likeness (QED) is 0.166. The fraction of sp³-hybridized carbons (Fsp3) is 0.619. The van der Waals surface area contributed by atoms with Gasteiger partial charge < -0.3 is 25.8 Å². The van der Waals surface area contributed by atoms with E-state index in [1.54, 1.807) is 19.2 Å². The number of hydrogen-bond donors (Lipinski definition) is 4. The molecule has 0 unspecified atom stereocenters. The van der Waals surface area contributed by atoms with Gasteiger partial charge in [-0.1, -0.05) is 12.8 Å². The molecule has 1 aliphatic rings. The van der Waals surface area contributed by atoms with E-state index in [2.05, 4.69) is 16.0 Å². The van der Waals surface area contributed by atoms with Crippen LogP contribution in [0.1, 0.15) is 49.4 Å². The van der Waals surface area contributed by atoms with Crippen molar-refractivity contribution >= 4 is 35.8 Å². The third-order valence-electron chi connectivity index (χ3n) is 5.25. The van der Waals surface area contributed by atoms with Crippen LogP contribution in [0.2, 0.25) is 0 Å². The highest BCUT2D eigenvalue weighted by molar-refractivity contribution is 14.0. The number of phenols is 1. The first-order chi connectivity index (χ1) is 13.6. The molecule has 0 aliphatic heterocycles. The highest BCUT2D eigenvalue weighted by Crippen LogP contribution is 2.41. The topological polar surface area (TPSA) is 95.0 Å². The Kier molecular flexibility index (Phi) is 12.0. The predicted molar refractivity (Wildman–Crippen MR) is 127 cm³/mol. The second-order valence-electron chi connectivity index (χ2n) is 7.37. The van der Waals surface area contributed by atoms with Crippen molar-refractivity contribution in [2.75, 3.05) is 39.9 Å². The minimum absolute atomic E-state index is 0. The monoisotopic (exact) mass is 518 g/mol. The fourth-order valence-corrected chi connectivity index (χ4v) is 3.59. The molecule has 0 bridgehead atoms. The van der Waals surface area contributed by atoms with E-state index < -0.39 is 0 Å². The van der Waals surface area contributed by atoms with Gasteiger partial charge >= 0.3 is 0 Å². The van der Waals surface area contributed by atoms with Crippen LogP contribution >= 0.6 is 24.0 Å². The number of phenolic OH excluding ortho intramolecular Hbond substituents is 1. The number of methoxy groups -OCH3 is 1. The van der Waals surface area contributed by atoms with Crippen LogP contribution in [0.3, 0.4) is 0 Å². The molecular formula is C21H35IN4O3. The predicted octanol–water partition coefficient (Wildman–Crippen LogP) is 2.89. The summed E-state index contributed by atoms with van der Waals surface area (Å²) in [5, 5.41) is 18.7. The highest BCUT2D eigenvalue weighted by Gasteiger charge is 2.33. The van der Waals surface area contributed by atoms with Gasteiger partial charge in [-0.2, -0.15) is 0 Å². The van der Waals surface area contributed by atoms with Gasteiger partial charge in [0.15, 0.2) is 5.96 Å². The molecule has 29 heavy (non-hydrogen) atoms. The minimum atomic E-state index is -0.159. The molecule has 2 rings (SSSR count). The van der Waals surface area contributed by atoms with E-state index in [9.17, 15) is 9.90 Å². The standard InChI is InChI=1S/C21H34N4O3.HI/c1-3-22-20(25-16-21(12-15-28-2)10-4-5-11-21)24-14-13-23-19(27)17-6-8-18(26)9-7-17;/h6-9,26H,3-5,10-16H2,1-2H3,(H,23,27)(H2,22,24,25);1H. The maximum absolute atomic E-state index is 12.1. The average Bonchev–Trinajstić information content (AvgIpc) is 3.17. The summed E-state index contributed by atoms with van der Waals surface area (Å²) in [6.45, 7) is 5.48. The van der Waals surface area contributed by atoms with Crippen molar-refractivity contribution in [3.05, 3.63) is 29.8 Å². The molecule has 1 saturated carbocycles. The molecule has 1 aromatic carbocycles. The zero-order valence-electron chi connectivity index (χ0n) is 17.5. The molecule has 164 valence electrons. The Balaban J connectivity index is 0.00000420. The van der Waals surface area contributed by atoms with Crippen LogP contribution in [-0.4, -0.2) is 56.9 Å². The molecule has 1 aromatic rings. The summed E-state index contributed by atoms with van der Waals surface area (Å²) in [5.41, 5.74) is 0.783. The van der Waals surface area contributed by atoms with Gasteiger partial charge in [0.2, 0.25) is 0 Å². The number of rotatable bonds is 10. The Hall–Kier alpha value is -1.55. The second kappa shape index (κ2) is 13.6. The number of nitrogens with zero attached hydrogens (tertiary/aromatic N) is 1. The molecule has 1 fully saturated rings. The van der Waals surface area contributed by atoms with Gasteiger partial charge in [0.1, 0.15) is 5.75 Å². The molecule has 0 radical (unpaired) electrons. The summed E-state index contributed by atoms with van der Waals surface area (Å²) in [5.74, 6) is 0.772. The number of nitrogens with one attached hydrogen (secondary N) is 3. The van der Waals surface area contributed by atoms with Crippen molar-refractivity contribution in [3.63, 3.8) is 0 Å². The molecule has 0 heterocycles. The average molecular weight is 518 g/mol. The molecule has 0 aromatic heterocycles. The number of hydrogen-bond acceptors (Lipinski definition) is 4. The van der Waals surface area contributed by atoms with Crippen molar-refractivity contribution in [1.29, 1.82) is 0 Å². The largest absolute Gasteiger partial charge is 0.508 e. The van der Waals surface area contributed by atoms with E-state index in [0.717, 1.165) is 32.1 Å². The van der Waals surface area contributed by atoms with Crippen molar-refractivity contribution < 1.29 is 14.6 Å². The number of ether oxygens (including phenoxy) is 1. The summed E-state index contributed by atoms with van der Waals surface area (Å²) < 4.78 is 5.29. The van der Waals surface area contributed by atoms with Crippen molar-refractivity contribution in [3.8, 4) is 5.75 Å². The van der Waals surface area contributed by atoms with E-state index in [-0.39, 0.29) is 41.0 Å². The van der Waals surface area contributed by atoms with Crippen LogP contribution in [0.15, 0.2) is 29.3 Å². The molecule has 4 N–H and O–H groups in total. The smallest absolute Gasteiger partial charge is 0.251 e. The van der Waals surface area contributed by atoms with E-state index in [0.29, 0.717) is 18.7 Å². The van der Waals surface area contributed by atoms with Crippen LogP contribution in [0, 0.1) is 5.41 Å². The number of amides is 1. The van der Waals surface area contributed by atoms with Gasteiger partial charge in [-0.3, -0.25) is 9.79 Å². The lowest BCUT2D eigenvalue weighted by Gasteiger charge is -2.27. The summed E-state index contributed by atoms with van der Waals surface area (Å²) in [6.07, 6.45) is 6.01. The Labute approximate surface area is 191 Å². The van der Waals surface area contributed by atoms with Gasteiger partial charge in [-0.25, -0.2) is 0 Å². The van der Waals surface area contributed by atoms with Gasteiger partial charge in [0.25, 0.3) is 5.91 Å². The Morgan fingerprint density at radius 1 is 1.14 bits per heavy atom. The number of benzene rings is 1. The number of carbonyl (C=O) groups is 1. The van der Waals surface area contributed by atoms with Crippen LogP contribution < -0.4 is 16.0 Å². The molecule has 7 nitrogen and oxygen atoms in total. The molecule has 8 heteroatoms. The van der Waals surface area contributed by atoms with E-state index >= 15 is 0 Å². The third-order valence-corrected chi connectivity index (χ3v) is 5.25. The molecule has 0 atom stereocenters. The number of halogens is 1. The summed E-state index contributed by atoms with van der Waals surface area (Å²) in [6, 6.07) is 6.21. The summed E-state index contributed by atoms with van der Waals surface area (Å²) in [7, 11) is 1.75. The lowest BCUT2D eigenvalue weighted by Crippen LogP contribution is -2.42. The van der Waals surface area contributed by atoms with Crippen LogP contribution in [0.25, 0.3) is 0 Å². The van der Waals surface area contributed by atoms with Crippen molar-refractivity contribution in [2.45, 2.75) is 39.0 Å². The zero-order chi connectivity index (χ0) is 20.2. The SMILES string of the molecule is CCNC(=NCC1(CCOC)CCCC1)NCCNC(=O)c1ccc(O)cc1.I. The second-order valence-corrected chi connectivity index (χ2v) is 7.37. The normalized spacial score (nSPS) is 15.4. The highest BCUT2D eigenvalue weighted by atomic mass is 127. The number of aromatic hydroxyl groups is 1. The molecule has 1 amide bonds. The Bertz CT molecular complexity index is 631. The van der Waals surface area contributed by atoms with Crippen molar-refractivity contribution in [2.24, 2.45) is 10.4 Å². The first kappa shape index (κ1) is 25.5. The van der Waals surface area contributed by atoms with Crippen LogP contribution in [-0.2, 0) is 4.74 Å². The lowest BCUT2D eigenvalue weighted by molar-refractivity contribution is 0.0954. The number of aliphatic imine (C=N–C) groups is 1. The van der Waals surface area contributed by atoms with E-state index in [1.807, 2.05) is 6.92 Å². The maximum atomic E-state index is 12.1.